The van der Waals surface area contributed by atoms with Crippen LogP contribution in [0, 0.1) is 0 Å². The number of β-amino-alcohol motifs (C(OH)–C–C–N with tert-alkyl or cyclic N) is 1. The van der Waals surface area contributed by atoms with Crippen molar-refractivity contribution in [3.8, 4) is 0 Å². The van der Waals surface area contributed by atoms with Gasteiger partial charge in [0.05, 0.1) is 11.8 Å². The summed E-state index contributed by atoms with van der Waals surface area (Å²) in [6, 6.07) is 3.68. The lowest BCUT2D eigenvalue weighted by molar-refractivity contribution is 0.0691. The highest BCUT2D eigenvalue weighted by Crippen LogP contribution is 2.21. The fourth-order valence-corrected chi connectivity index (χ4v) is 2.25. The van der Waals surface area contributed by atoms with E-state index in [1.807, 2.05) is 12.3 Å². The molecule has 6 heteroatoms. The highest BCUT2D eigenvalue weighted by Gasteiger charge is 2.20. The largest absolute Gasteiger partial charge is 0.476 e. The lowest BCUT2D eigenvalue weighted by Crippen LogP contribution is -2.21. The van der Waals surface area contributed by atoms with E-state index in [2.05, 4.69) is 9.88 Å². The molecular formula is C12H13N3O3. The number of carboxylic acids is 1. The molecule has 2 aromatic rings. The second-order valence-corrected chi connectivity index (χ2v) is 4.47. The van der Waals surface area contributed by atoms with E-state index in [1.54, 1.807) is 10.5 Å². The minimum absolute atomic E-state index is 0.0357. The number of carboxylic acid groups (broad SMARTS) is 1. The summed E-state index contributed by atoms with van der Waals surface area (Å²) in [5.41, 5.74) is 1.61. The van der Waals surface area contributed by atoms with E-state index in [-0.39, 0.29) is 11.8 Å². The molecule has 0 amide bonds. The number of rotatable bonds is 2. The Hall–Kier alpha value is -2.08. The number of imidazole rings is 1. The fourth-order valence-electron chi connectivity index (χ4n) is 2.25. The van der Waals surface area contributed by atoms with Gasteiger partial charge in [-0.25, -0.2) is 9.78 Å². The molecule has 0 radical (unpaired) electrons. The number of anilines is 1. The van der Waals surface area contributed by atoms with Gasteiger partial charge in [-0.05, 0) is 18.6 Å². The van der Waals surface area contributed by atoms with Crippen LogP contribution in [0.25, 0.3) is 5.65 Å². The monoisotopic (exact) mass is 247 g/mol. The van der Waals surface area contributed by atoms with E-state index >= 15 is 0 Å². The topological polar surface area (TPSA) is 78.1 Å². The smallest absolute Gasteiger partial charge is 0.356 e. The number of fused-ring (bicyclic) bond motifs is 1. The molecule has 1 aliphatic rings. The van der Waals surface area contributed by atoms with Gasteiger partial charge in [-0.15, -0.1) is 0 Å². The zero-order valence-corrected chi connectivity index (χ0v) is 9.65. The maximum absolute atomic E-state index is 10.8. The van der Waals surface area contributed by atoms with E-state index in [1.165, 1.54) is 6.20 Å². The molecule has 0 spiro atoms. The van der Waals surface area contributed by atoms with Gasteiger partial charge < -0.3 is 19.5 Å². The third-order valence-corrected chi connectivity index (χ3v) is 3.18. The molecule has 3 heterocycles. The van der Waals surface area contributed by atoms with E-state index in [0.717, 1.165) is 18.7 Å². The minimum Gasteiger partial charge on any atom is -0.476 e. The molecule has 2 N–H and O–H groups in total. The molecule has 94 valence electrons. The number of hydrogen-bond acceptors (Lipinski definition) is 4. The summed E-state index contributed by atoms with van der Waals surface area (Å²) in [7, 11) is 0. The van der Waals surface area contributed by atoms with Crippen molar-refractivity contribution < 1.29 is 15.0 Å². The maximum atomic E-state index is 10.8. The van der Waals surface area contributed by atoms with E-state index < -0.39 is 5.97 Å². The molecule has 1 atom stereocenters. The summed E-state index contributed by atoms with van der Waals surface area (Å²) < 4.78 is 1.70. The number of aliphatic hydroxyl groups is 1. The van der Waals surface area contributed by atoms with Gasteiger partial charge in [-0.2, -0.15) is 0 Å². The molecule has 2 aromatic heterocycles. The molecule has 1 saturated heterocycles. The summed E-state index contributed by atoms with van der Waals surface area (Å²) in [5, 5.41) is 18.4. The Bertz CT molecular complexity index is 608. The average molecular weight is 247 g/mol. The van der Waals surface area contributed by atoms with Crippen molar-refractivity contribution in [1.82, 2.24) is 9.38 Å². The lowest BCUT2D eigenvalue weighted by atomic mass is 10.3. The van der Waals surface area contributed by atoms with Gasteiger partial charge in [0.15, 0.2) is 5.69 Å². The first-order chi connectivity index (χ1) is 8.63. The van der Waals surface area contributed by atoms with Crippen LogP contribution in [0.15, 0.2) is 24.5 Å². The number of nitrogens with zero attached hydrogens (tertiary/aromatic N) is 3. The van der Waals surface area contributed by atoms with E-state index in [9.17, 15) is 9.90 Å². The highest BCUT2D eigenvalue weighted by atomic mass is 16.4. The van der Waals surface area contributed by atoms with Crippen LogP contribution in [-0.2, 0) is 0 Å². The molecule has 1 fully saturated rings. The molecular weight excluding hydrogens is 234 g/mol. The van der Waals surface area contributed by atoms with Gasteiger partial charge in [-0.1, -0.05) is 0 Å². The predicted molar refractivity (Wildman–Crippen MR) is 65.0 cm³/mol. The zero-order valence-electron chi connectivity index (χ0n) is 9.65. The van der Waals surface area contributed by atoms with Crippen molar-refractivity contribution in [2.75, 3.05) is 18.0 Å². The number of carbonyl (C=O) groups is 1. The summed E-state index contributed by atoms with van der Waals surface area (Å²) in [5.74, 6) is -1.03. The Kier molecular flexibility index (Phi) is 2.45. The van der Waals surface area contributed by atoms with Crippen molar-refractivity contribution in [3.05, 3.63) is 30.2 Å². The molecule has 0 aromatic carbocycles. The first kappa shape index (κ1) is 11.0. The van der Waals surface area contributed by atoms with Crippen molar-refractivity contribution >= 4 is 17.3 Å². The van der Waals surface area contributed by atoms with Crippen molar-refractivity contribution in [2.24, 2.45) is 0 Å². The first-order valence-corrected chi connectivity index (χ1v) is 5.78. The molecule has 0 saturated carbocycles. The van der Waals surface area contributed by atoms with E-state index in [4.69, 9.17) is 5.11 Å². The van der Waals surface area contributed by atoms with Crippen molar-refractivity contribution in [3.63, 3.8) is 0 Å². The average Bonchev–Trinajstić information content (AvgIpc) is 2.93. The molecule has 3 rings (SSSR count). The Morgan fingerprint density at radius 1 is 1.39 bits per heavy atom. The van der Waals surface area contributed by atoms with Gasteiger partial charge in [0, 0.05) is 25.5 Å². The second kappa shape index (κ2) is 3.99. The molecule has 6 nitrogen and oxygen atoms in total. The number of aliphatic hydroxyl groups excluding tert-OH is 1. The third-order valence-electron chi connectivity index (χ3n) is 3.18. The Morgan fingerprint density at radius 2 is 2.22 bits per heavy atom. The fraction of sp³-hybridized carbons (Fsp3) is 0.333. The van der Waals surface area contributed by atoms with Crippen LogP contribution in [0.3, 0.4) is 0 Å². The van der Waals surface area contributed by atoms with Crippen LogP contribution in [0.4, 0.5) is 5.69 Å². The van der Waals surface area contributed by atoms with Crippen molar-refractivity contribution in [1.29, 1.82) is 0 Å². The van der Waals surface area contributed by atoms with Crippen LogP contribution in [0.5, 0.6) is 0 Å². The van der Waals surface area contributed by atoms with E-state index in [0.29, 0.717) is 12.2 Å². The molecule has 1 aliphatic heterocycles. The quantitative estimate of drug-likeness (QED) is 0.812. The third kappa shape index (κ3) is 1.80. The summed E-state index contributed by atoms with van der Waals surface area (Å²) in [6.45, 7) is 1.43. The van der Waals surface area contributed by atoms with Crippen LogP contribution in [0.1, 0.15) is 16.9 Å². The van der Waals surface area contributed by atoms with Gasteiger partial charge in [0.25, 0.3) is 0 Å². The van der Waals surface area contributed by atoms with Crippen LogP contribution in [-0.4, -0.2) is 44.8 Å². The van der Waals surface area contributed by atoms with Gasteiger partial charge in [0.1, 0.15) is 5.65 Å². The Balaban J connectivity index is 1.97. The number of pyridine rings is 1. The summed E-state index contributed by atoms with van der Waals surface area (Å²) >= 11 is 0. The van der Waals surface area contributed by atoms with Gasteiger partial charge in [-0.3, -0.25) is 0 Å². The normalized spacial score (nSPS) is 19.6. The van der Waals surface area contributed by atoms with Gasteiger partial charge >= 0.3 is 5.97 Å². The Labute approximate surface area is 103 Å². The van der Waals surface area contributed by atoms with Crippen molar-refractivity contribution in [2.45, 2.75) is 12.5 Å². The molecule has 18 heavy (non-hydrogen) atoms. The number of hydrogen-bond donors (Lipinski definition) is 2. The number of aromatic carboxylic acids is 1. The first-order valence-electron chi connectivity index (χ1n) is 5.78. The molecule has 0 bridgehead atoms. The Morgan fingerprint density at radius 3 is 2.89 bits per heavy atom. The SMILES string of the molecule is O=C(O)c1cn2cc(N3CC[C@H](O)C3)ccc2n1. The molecule has 0 unspecified atom stereocenters. The summed E-state index contributed by atoms with van der Waals surface area (Å²) in [6.07, 6.45) is 3.82. The maximum Gasteiger partial charge on any atom is 0.356 e. The van der Waals surface area contributed by atoms with Crippen LogP contribution in [0.2, 0.25) is 0 Å². The second-order valence-electron chi connectivity index (χ2n) is 4.47. The molecule has 0 aliphatic carbocycles. The standard InChI is InChI=1S/C12H13N3O3/c16-9-3-4-14(6-9)8-1-2-11-13-10(12(17)18)7-15(11)5-8/h1-2,5,7,9,16H,3-4,6H2,(H,17,18)/t9-/m0/s1. The number of aromatic nitrogens is 2. The van der Waals surface area contributed by atoms with Crippen LogP contribution < -0.4 is 4.90 Å². The highest BCUT2D eigenvalue weighted by molar-refractivity contribution is 5.86. The lowest BCUT2D eigenvalue weighted by Gasteiger charge is -2.17. The van der Waals surface area contributed by atoms with Crippen LogP contribution >= 0.6 is 0 Å². The minimum atomic E-state index is -1.03. The summed E-state index contributed by atoms with van der Waals surface area (Å²) in [4.78, 5) is 16.9. The predicted octanol–water partition coefficient (Wildman–Crippen LogP) is 0.604. The zero-order chi connectivity index (χ0) is 12.7. The van der Waals surface area contributed by atoms with Gasteiger partial charge in [0.2, 0.25) is 0 Å².